The minimum atomic E-state index is 0.347. The monoisotopic (exact) mass is 282 g/mol. The molecule has 1 N–H and O–H groups in total. The van der Waals surface area contributed by atoms with Crippen molar-refractivity contribution in [2.24, 2.45) is 0 Å². The van der Waals surface area contributed by atoms with Gasteiger partial charge in [0.25, 0.3) is 0 Å². The average Bonchev–Trinajstić information content (AvgIpc) is 2.49. The summed E-state index contributed by atoms with van der Waals surface area (Å²) < 4.78 is 5.63. The molecule has 1 aliphatic heterocycles. The lowest BCUT2D eigenvalue weighted by atomic mass is 9.76. The van der Waals surface area contributed by atoms with E-state index in [0.717, 1.165) is 26.3 Å². The predicted molar refractivity (Wildman–Crippen MR) is 85.2 cm³/mol. The number of piperazine rings is 1. The Labute approximate surface area is 125 Å². The SMILES string of the molecule is CCOCCN1CC2(CCCCC2)NCC1(CC)CC. The number of ether oxygens (including phenoxy) is 1. The van der Waals surface area contributed by atoms with E-state index in [1.807, 2.05) is 0 Å². The van der Waals surface area contributed by atoms with E-state index in [9.17, 15) is 0 Å². The van der Waals surface area contributed by atoms with Crippen molar-refractivity contribution < 1.29 is 4.74 Å². The van der Waals surface area contributed by atoms with Crippen LogP contribution in [-0.4, -0.2) is 48.8 Å². The highest BCUT2D eigenvalue weighted by molar-refractivity contribution is 5.05. The van der Waals surface area contributed by atoms with Crippen LogP contribution < -0.4 is 5.32 Å². The van der Waals surface area contributed by atoms with Crippen LogP contribution in [0.15, 0.2) is 0 Å². The quantitative estimate of drug-likeness (QED) is 0.757. The van der Waals surface area contributed by atoms with Crippen LogP contribution in [-0.2, 0) is 4.74 Å². The highest BCUT2D eigenvalue weighted by Crippen LogP contribution is 2.36. The first-order valence-electron chi connectivity index (χ1n) is 8.78. The van der Waals surface area contributed by atoms with Crippen molar-refractivity contribution in [2.45, 2.75) is 76.8 Å². The molecule has 0 radical (unpaired) electrons. The van der Waals surface area contributed by atoms with Crippen molar-refractivity contribution in [1.82, 2.24) is 10.2 Å². The van der Waals surface area contributed by atoms with E-state index in [0.29, 0.717) is 11.1 Å². The molecule has 1 heterocycles. The van der Waals surface area contributed by atoms with Crippen molar-refractivity contribution in [2.75, 3.05) is 32.8 Å². The maximum atomic E-state index is 5.63. The zero-order valence-electron chi connectivity index (χ0n) is 13.8. The first-order valence-corrected chi connectivity index (χ1v) is 8.78. The van der Waals surface area contributed by atoms with E-state index in [4.69, 9.17) is 4.74 Å². The fraction of sp³-hybridized carbons (Fsp3) is 1.00. The molecule has 20 heavy (non-hydrogen) atoms. The third-order valence-corrected chi connectivity index (χ3v) is 5.79. The Morgan fingerprint density at radius 3 is 2.35 bits per heavy atom. The van der Waals surface area contributed by atoms with Gasteiger partial charge in [0.15, 0.2) is 0 Å². The minimum Gasteiger partial charge on any atom is -0.380 e. The molecular formula is C17H34N2O. The highest BCUT2D eigenvalue weighted by atomic mass is 16.5. The summed E-state index contributed by atoms with van der Waals surface area (Å²) in [6, 6.07) is 0. The van der Waals surface area contributed by atoms with Gasteiger partial charge in [-0.25, -0.2) is 0 Å². The molecule has 0 aromatic carbocycles. The van der Waals surface area contributed by atoms with Crippen LogP contribution in [0.4, 0.5) is 0 Å². The van der Waals surface area contributed by atoms with Gasteiger partial charge in [0.05, 0.1) is 6.61 Å². The number of hydrogen-bond acceptors (Lipinski definition) is 3. The molecule has 1 spiro atoms. The first-order chi connectivity index (χ1) is 9.70. The predicted octanol–water partition coefficient (Wildman–Crippen LogP) is 3.19. The van der Waals surface area contributed by atoms with Crippen LogP contribution in [0.1, 0.15) is 65.7 Å². The van der Waals surface area contributed by atoms with Crippen LogP contribution in [0.2, 0.25) is 0 Å². The number of hydrogen-bond donors (Lipinski definition) is 1. The zero-order valence-corrected chi connectivity index (χ0v) is 13.8. The number of nitrogens with zero attached hydrogens (tertiary/aromatic N) is 1. The number of nitrogens with one attached hydrogen (secondary N) is 1. The lowest BCUT2D eigenvalue weighted by Crippen LogP contribution is -2.70. The van der Waals surface area contributed by atoms with E-state index in [1.54, 1.807) is 0 Å². The average molecular weight is 282 g/mol. The first kappa shape index (κ1) is 16.3. The second-order valence-corrected chi connectivity index (χ2v) is 6.74. The fourth-order valence-electron chi connectivity index (χ4n) is 4.20. The normalized spacial score (nSPS) is 25.9. The number of rotatable bonds is 6. The Kier molecular flexibility index (Phi) is 5.88. The Balaban J connectivity index is 2.05. The fourth-order valence-corrected chi connectivity index (χ4v) is 4.20. The molecular weight excluding hydrogens is 248 g/mol. The summed E-state index contributed by atoms with van der Waals surface area (Å²) in [4.78, 5) is 2.75. The Morgan fingerprint density at radius 2 is 1.75 bits per heavy atom. The van der Waals surface area contributed by atoms with Gasteiger partial charge in [-0.3, -0.25) is 4.90 Å². The van der Waals surface area contributed by atoms with Crippen LogP contribution in [0.3, 0.4) is 0 Å². The van der Waals surface area contributed by atoms with Gasteiger partial charge >= 0.3 is 0 Å². The Hall–Kier alpha value is -0.120. The van der Waals surface area contributed by atoms with Gasteiger partial charge in [-0.2, -0.15) is 0 Å². The molecule has 2 aliphatic rings. The van der Waals surface area contributed by atoms with Crippen molar-refractivity contribution in [1.29, 1.82) is 0 Å². The molecule has 2 fully saturated rings. The Bertz CT molecular complexity index is 283. The smallest absolute Gasteiger partial charge is 0.0593 e. The second kappa shape index (κ2) is 7.24. The molecule has 0 amide bonds. The van der Waals surface area contributed by atoms with Crippen molar-refractivity contribution in [3.63, 3.8) is 0 Å². The summed E-state index contributed by atoms with van der Waals surface area (Å²) in [6.07, 6.45) is 9.42. The third kappa shape index (κ3) is 3.37. The molecule has 1 aliphatic carbocycles. The molecule has 2 rings (SSSR count). The van der Waals surface area contributed by atoms with Crippen molar-refractivity contribution >= 4 is 0 Å². The molecule has 3 nitrogen and oxygen atoms in total. The molecule has 0 unspecified atom stereocenters. The van der Waals surface area contributed by atoms with Crippen LogP contribution >= 0.6 is 0 Å². The van der Waals surface area contributed by atoms with E-state index in [-0.39, 0.29) is 0 Å². The van der Waals surface area contributed by atoms with Gasteiger partial charge in [-0.15, -0.1) is 0 Å². The van der Waals surface area contributed by atoms with Gasteiger partial charge < -0.3 is 10.1 Å². The summed E-state index contributed by atoms with van der Waals surface area (Å²) in [5.74, 6) is 0. The second-order valence-electron chi connectivity index (χ2n) is 6.74. The maximum absolute atomic E-state index is 5.63. The van der Waals surface area contributed by atoms with Gasteiger partial charge in [0.2, 0.25) is 0 Å². The van der Waals surface area contributed by atoms with Crippen LogP contribution in [0, 0.1) is 0 Å². The lowest BCUT2D eigenvalue weighted by molar-refractivity contribution is -0.0294. The largest absolute Gasteiger partial charge is 0.380 e. The third-order valence-electron chi connectivity index (χ3n) is 5.79. The highest BCUT2D eigenvalue weighted by Gasteiger charge is 2.45. The van der Waals surface area contributed by atoms with Crippen molar-refractivity contribution in [3.8, 4) is 0 Å². The van der Waals surface area contributed by atoms with Crippen LogP contribution in [0.25, 0.3) is 0 Å². The lowest BCUT2D eigenvalue weighted by Gasteiger charge is -2.55. The summed E-state index contributed by atoms with van der Waals surface area (Å²) in [5.41, 5.74) is 0.748. The van der Waals surface area contributed by atoms with E-state index < -0.39 is 0 Å². The minimum absolute atomic E-state index is 0.347. The molecule has 118 valence electrons. The molecule has 1 saturated carbocycles. The van der Waals surface area contributed by atoms with E-state index in [1.165, 1.54) is 51.5 Å². The Morgan fingerprint density at radius 1 is 1.05 bits per heavy atom. The summed E-state index contributed by atoms with van der Waals surface area (Å²) >= 11 is 0. The summed E-state index contributed by atoms with van der Waals surface area (Å²) in [5, 5.41) is 3.97. The summed E-state index contributed by atoms with van der Waals surface area (Å²) in [7, 11) is 0. The maximum Gasteiger partial charge on any atom is 0.0593 e. The topological polar surface area (TPSA) is 24.5 Å². The molecule has 1 saturated heterocycles. The molecule has 0 aromatic heterocycles. The molecule has 3 heteroatoms. The van der Waals surface area contributed by atoms with E-state index >= 15 is 0 Å². The van der Waals surface area contributed by atoms with Gasteiger partial charge in [-0.1, -0.05) is 33.1 Å². The summed E-state index contributed by atoms with van der Waals surface area (Å²) in [6.45, 7) is 12.0. The molecule has 0 bridgehead atoms. The zero-order chi connectivity index (χ0) is 14.5. The van der Waals surface area contributed by atoms with Crippen molar-refractivity contribution in [3.05, 3.63) is 0 Å². The van der Waals surface area contributed by atoms with Crippen LogP contribution in [0.5, 0.6) is 0 Å². The van der Waals surface area contributed by atoms with Gasteiger partial charge in [0.1, 0.15) is 0 Å². The van der Waals surface area contributed by atoms with E-state index in [2.05, 4.69) is 31.0 Å². The van der Waals surface area contributed by atoms with Gasteiger partial charge in [0, 0.05) is 37.3 Å². The standard InChI is InChI=1S/C17H34N2O/c1-4-17(5-2)14-18-16(10-8-7-9-11-16)15-19(17)12-13-20-6-3/h18H,4-15H2,1-3H3. The van der Waals surface area contributed by atoms with Gasteiger partial charge in [-0.05, 0) is 32.6 Å². The molecule has 0 atom stereocenters. The molecule has 0 aromatic rings.